The van der Waals surface area contributed by atoms with Crippen LogP contribution < -0.4 is 0 Å². The lowest BCUT2D eigenvalue weighted by molar-refractivity contribution is 0.0528. The van der Waals surface area contributed by atoms with E-state index < -0.39 is 21.6 Å². The summed E-state index contributed by atoms with van der Waals surface area (Å²) in [5.74, 6) is -0.986. The number of carbonyl (C=O) groups is 1. The van der Waals surface area contributed by atoms with Gasteiger partial charge in [0.1, 0.15) is 22.7 Å². The fourth-order valence-corrected chi connectivity index (χ4v) is 4.71. The molecule has 4 aromatic rings. The van der Waals surface area contributed by atoms with Crippen molar-refractivity contribution in [2.45, 2.75) is 17.6 Å². The standard InChI is InChI=1S/C24H19FO5S/c1-2-29-24(26)22-20-14-16(15-31(27,28)19-11-9-18(25)10-12-19)8-13-21(20)30-23(22)17-6-4-3-5-7-17/h3-14H,2,15H2,1H3. The first kappa shape index (κ1) is 20.8. The molecule has 1 aromatic heterocycles. The molecular weight excluding hydrogens is 419 g/mol. The summed E-state index contributed by atoms with van der Waals surface area (Å²) in [6.07, 6.45) is 0. The molecule has 4 rings (SSSR count). The second-order valence-corrected chi connectivity index (χ2v) is 8.93. The molecular formula is C24H19FO5S. The highest BCUT2D eigenvalue weighted by Gasteiger charge is 2.24. The van der Waals surface area contributed by atoms with Crippen molar-refractivity contribution in [3.63, 3.8) is 0 Å². The smallest absolute Gasteiger partial charge is 0.342 e. The largest absolute Gasteiger partial charge is 0.462 e. The fourth-order valence-electron chi connectivity index (χ4n) is 3.38. The van der Waals surface area contributed by atoms with Gasteiger partial charge in [-0.3, -0.25) is 0 Å². The van der Waals surface area contributed by atoms with Crippen molar-refractivity contribution in [3.05, 3.63) is 89.7 Å². The third-order valence-corrected chi connectivity index (χ3v) is 6.50. The Morgan fingerprint density at radius 3 is 2.39 bits per heavy atom. The minimum absolute atomic E-state index is 0.0248. The average molecular weight is 438 g/mol. The fraction of sp³-hybridized carbons (Fsp3) is 0.125. The minimum Gasteiger partial charge on any atom is -0.462 e. The Bertz CT molecular complexity index is 1340. The Labute approximate surface area is 179 Å². The normalized spacial score (nSPS) is 11.5. The van der Waals surface area contributed by atoms with Gasteiger partial charge in [0, 0.05) is 10.9 Å². The van der Waals surface area contributed by atoms with E-state index in [1.807, 2.05) is 30.3 Å². The highest BCUT2D eigenvalue weighted by Crippen LogP contribution is 2.35. The molecule has 0 aliphatic carbocycles. The topological polar surface area (TPSA) is 73.6 Å². The summed E-state index contributed by atoms with van der Waals surface area (Å²) < 4.78 is 49.8. The maximum atomic E-state index is 13.2. The summed E-state index contributed by atoms with van der Waals surface area (Å²) >= 11 is 0. The molecule has 0 radical (unpaired) electrons. The Hall–Kier alpha value is -3.45. The van der Waals surface area contributed by atoms with Gasteiger partial charge in [0.2, 0.25) is 0 Å². The van der Waals surface area contributed by atoms with Gasteiger partial charge < -0.3 is 9.15 Å². The number of hydrogen-bond acceptors (Lipinski definition) is 5. The maximum absolute atomic E-state index is 13.2. The molecule has 3 aromatic carbocycles. The van der Waals surface area contributed by atoms with Crippen LogP contribution in [0.4, 0.5) is 4.39 Å². The van der Waals surface area contributed by atoms with Crippen LogP contribution >= 0.6 is 0 Å². The van der Waals surface area contributed by atoms with Crippen molar-refractivity contribution >= 4 is 26.8 Å². The highest BCUT2D eigenvalue weighted by molar-refractivity contribution is 7.90. The molecule has 5 nitrogen and oxygen atoms in total. The molecule has 0 unspecified atom stereocenters. The molecule has 0 spiro atoms. The lowest BCUT2D eigenvalue weighted by Crippen LogP contribution is -2.06. The summed E-state index contributed by atoms with van der Waals surface area (Å²) in [6, 6.07) is 18.7. The van der Waals surface area contributed by atoms with Crippen LogP contribution in [0, 0.1) is 5.82 Å². The number of ether oxygens (including phenoxy) is 1. The zero-order valence-electron chi connectivity index (χ0n) is 16.7. The number of fused-ring (bicyclic) bond motifs is 1. The van der Waals surface area contributed by atoms with Crippen molar-refractivity contribution in [1.29, 1.82) is 0 Å². The van der Waals surface area contributed by atoms with Gasteiger partial charge in [0.05, 0.1) is 17.3 Å². The van der Waals surface area contributed by atoms with Gasteiger partial charge in [-0.05, 0) is 48.9 Å². The Balaban J connectivity index is 1.80. The van der Waals surface area contributed by atoms with Crippen molar-refractivity contribution in [2.24, 2.45) is 0 Å². The third-order valence-electron chi connectivity index (χ3n) is 4.80. The quantitative estimate of drug-likeness (QED) is 0.298. The third kappa shape index (κ3) is 4.22. The van der Waals surface area contributed by atoms with Crippen LogP contribution in [0.2, 0.25) is 0 Å². The zero-order chi connectivity index (χ0) is 22.0. The summed E-state index contributed by atoms with van der Waals surface area (Å²) in [7, 11) is -3.70. The monoisotopic (exact) mass is 438 g/mol. The van der Waals surface area contributed by atoms with Gasteiger partial charge >= 0.3 is 5.97 Å². The van der Waals surface area contributed by atoms with Crippen LogP contribution in [0.3, 0.4) is 0 Å². The lowest BCUT2D eigenvalue weighted by atomic mass is 10.0. The van der Waals surface area contributed by atoms with Crippen LogP contribution in [-0.2, 0) is 20.3 Å². The summed E-state index contributed by atoms with van der Waals surface area (Å²) in [5, 5.41) is 0.476. The van der Waals surface area contributed by atoms with Crippen LogP contribution in [0.5, 0.6) is 0 Å². The number of carbonyl (C=O) groups excluding carboxylic acids is 1. The average Bonchev–Trinajstić information content (AvgIpc) is 3.13. The second-order valence-electron chi connectivity index (χ2n) is 6.94. The van der Waals surface area contributed by atoms with Crippen molar-refractivity contribution in [3.8, 4) is 11.3 Å². The van der Waals surface area contributed by atoms with Crippen LogP contribution in [0.1, 0.15) is 22.8 Å². The summed E-state index contributed by atoms with van der Waals surface area (Å²) in [5.41, 5.74) is 1.89. The zero-order valence-corrected chi connectivity index (χ0v) is 17.5. The first-order valence-electron chi connectivity index (χ1n) is 9.65. The van der Waals surface area contributed by atoms with Crippen molar-refractivity contribution in [1.82, 2.24) is 0 Å². The van der Waals surface area contributed by atoms with E-state index in [9.17, 15) is 17.6 Å². The van der Waals surface area contributed by atoms with Gasteiger partial charge in [-0.2, -0.15) is 0 Å². The molecule has 31 heavy (non-hydrogen) atoms. The van der Waals surface area contributed by atoms with Gasteiger partial charge in [0.15, 0.2) is 9.84 Å². The number of esters is 1. The molecule has 0 fully saturated rings. The first-order valence-corrected chi connectivity index (χ1v) is 11.3. The molecule has 158 valence electrons. The SMILES string of the molecule is CCOC(=O)c1c(-c2ccccc2)oc2ccc(CS(=O)(=O)c3ccc(F)cc3)cc12. The predicted octanol–water partition coefficient (Wildman–Crippen LogP) is 5.39. The number of hydrogen-bond donors (Lipinski definition) is 0. The van der Waals surface area contributed by atoms with Gasteiger partial charge in [-0.15, -0.1) is 0 Å². The number of rotatable bonds is 6. The van der Waals surface area contributed by atoms with Crippen LogP contribution in [-0.4, -0.2) is 21.0 Å². The molecule has 0 bridgehead atoms. The van der Waals surface area contributed by atoms with Crippen molar-refractivity contribution < 1.29 is 26.8 Å². The molecule has 0 aliphatic rings. The molecule has 0 atom stereocenters. The Morgan fingerprint density at radius 1 is 1.00 bits per heavy atom. The van der Waals surface area contributed by atoms with Gasteiger partial charge in [-0.1, -0.05) is 36.4 Å². The Morgan fingerprint density at radius 2 is 1.71 bits per heavy atom. The molecule has 7 heteroatoms. The van der Waals surface area contributed by atoms with Crippen LogP contribution in [0.15, 0.2) is 82.1 Å². The minimum atomic E-state index is -3.70. The molecule has 0 saturated heterocycles. The van der Waals surface area contributed by atoms with E-state index in [-0.39, 0.29) is 22.8 Å². The first-order chi connectivity index (χ1) is 14.9. The van der Waals surface area contributed by atoms with E-state index in [0.29, 0.717) is 27.9 Å². The van der Waals surface area contributed by atoms with E-state index in [1.165, 1.54) is 12.1 Å². The molecule has 0 saturated carbocycles. The number of halogens is 1. The summed E-state index contributed by atoms with van der Waals surface area (Å²) in [4.78, 5) is 12.8. The number of furan rings is 1. The van der Waals surface area contributed by atoms with Gasteiger partial charge in [0.25, 0.3) is 0 Å². The van der Waals surface area contributed by atoms with E-state index in [4.69, 9.17) is 9.15 Å². The van der Waals surface area contributed by atoms with E-state index in [0.717, 1.165) is 12.1 Å². The van der Waals surface area contributed by atoms with E-state index in [2.05, 4.69) is 0 Å². The molecule has 0 aliphatic heterocycles. The predicted molar refractivity (Wildman–Crippen MR) is 115 cm³/mol. The Kier molecular flexibility index (Phi) is 5.61. The number of benzene rings is 3. The second kappa shape index (κ2) is 8.35. The van der Waals surface area contributed by atoms with Crippen LogP contribution in [0.25, 0.3) is 22.3 Å². The van der Waals surface area contributed by atoms with E-state index >= 15 is 0 Å². The lowest BCUT2D eigenvalue weighted by Gasteiger charge is -2.06. The highest BCUT2D eigenvalue weighted by atomic mass is 32.2. The molecule has 1 heterocycles. The number of sulfone groups is 1. The maximum Gasteiger partial charge on any atom is 0.342 e. The van der Waals surface area contributed by atoms with Crippen molar-refractivity contribution in [2.75, 3.05) is 6.61 Å². The summed E-state index contributed by atoms with van der Waals surface area (Å²) in [6.45, 7) is 1.90. The van der Waals surface area contributed by atoms with Gasteiger partial charge in [-0.25, -0.2) is 17.6 Å². The van der Waals surface area contributed by atoms with E-state index in [1.54, 1.807) is 25.1 Å². The molecule has 0 amide bonds. The molecule has 0 N–H and O–H groups in total.